The van der Waals surface area contributed by atoms with Crippen LogP contribution in [0.4, 0.5) is 0 Å². The average Bonchev–Trinajstić information content (AvgIpc) is 3.52. The third kappa shape index (κ3) is 12.3. The van der Waals surface area contributed by atoms with Gasteiger partial charge in [-0.3, -0.25) is 28.5 Å². The van der Waals surface area contributed by atoms with Gasteiger partial charge >= 0.3 is 7.60 Å². The van der Waals surface area contributed by atoms with E-state index in [0.29, 0.717) is 37.7 Å². The lowest BCUT2D eigenvalue weighted by molar-refractivity contribution is -0.145. The predicted molar refractivity (Wildman–Crippen MR) is 189 cm³/mol. The number of nitrogens with one attached hydrogen (secondary N) is 3. The van der Waals surface area contributed by atoms with Crippen LogP contribution in [-0.4, -0.2) is 80.5 Å². The Balaban J connectivity index is 1.45. The van der Waals surface area contributed by atoms with E-state index in [2.05, 4.69) is 16.0 Å². The van der Waals surface area contributed by atoms with Gasteiger partial charge in [0.1, 0.15) is 29.7 Å². The Labute approximate surface area is 302 Å². The fourth-order valence-corrected chi connectivity index (χ4v) is 7.03. The number of ether oxygens (including phenoxy) is 1. The minimum atomic E-state index is -4.37. The minimum absolute atomic E-state index is 0.0227. The molecule has 5 amide bonds. The van der Waals surface area contributed by atoms with E-state index >= 15 is 0 Å². The largest absolute Gasteiger partial charge is 0.481 e. The van der Waals surface area contributed by atoms with E-state index in [0.717, 1.165) is 12.0 Å². The maximum Gasteiger partial charge on any atom is 0.362 e. The Hall–Kier alpha value is -4.59. The number of nitrogens with two attached hydrogens (primary N) is 1. The molecule has 16 heteroatoms. The molecule has 2 fully saturated rings. The zero-order valence-corrected chi connectivity index (χ0v) is 30.1. The van der Waals surface area contributed by atoms with Crippen molar-refractivity contribution >= 4 is 42.9 Å². The van der Waals surface area contributed by atoms with E-state index < -0.39 is 67.5 Å². The Morgan fingerprint density at radius 1 is 0.942 bits per heavy atom. The molecule has 0 aliphatic carbocycles. The lowest BCUT2D eigenvalue weighted by Gasteiger charge is -2.36. The summed E-state index contributed by atoms with van der Waals surface area (Å²) in [5.74, 6) is -3.36. The molecular weight excluding hydrogens is 693 g/mol. The Morgan fingerprint density at radius 3 is 2.29 bits per heavy atom. The molecule has 1 unspecified atom stereocenters. The lowest BCUT2D eigenvalue weighted by Crippen LogP contribution is -2.58. The second-order valence-electron chi connectivity index (χ2n) is 13.5. The molecule has 2 saturated heterocycles. The van der Waals surface area contributed by atoms with Crippen LogP contribution in [0.15, 0.2) is 54.6 Å². The van der Waals surface area contributed by atoms with Gasteiger partial charge in [-0.2, -0.15) is 0 Å². The molecule has 2 aromatic rings. The number of fused-ring (bicyclic) bond motifs is 1. The van der Waals surface area contributed by atoms with Crippen molar-refractivity contribution in [3.05, 3.63) is 65.7 Å². The first kappa shape index (κ1) is 40.2. The molecule has 2 aromatic carbocycles. The van der Waals surface area contributed by atoms with Gasteiger partial charge < -0.3 is 45.9 Å². The molecule has 2 heterocycles. The van der Waals surface area contributed by atoms with Crippen LogP contribution in [0.5, 0.6) is 5.75 Å². The molecule has 0 saturated carbocycles. The van der Waals surface area contributed by atoms with Crippen molar-refractivity contribution in [3.63, 3.8) is 0 Å². The van der Waals surface area contributed by atoms with Crippen LogP contribution in [0, 0.1) is 5.92 Å². The summed E-state index contributed by atoms with van der Waals surface area (Å²) in [6.07, 6.45) is 2.51. The maximum absolute atomic E-state index is 14.2. The average molecular weight is 742 g/mol. The Bertz CT molecular complexity index is 1630. The van der Waals surface area contributed by atoms with E-state index in [1.165, 1.54) is 24.0 Å². The van der Waals surface area contributed by atoms with Gasteiger partial charge in [0.25, 0.3) is 0 Å². The number of primary amides is 1. The summed E-state index contributed by atoms with van der Waals surface area (Å²) < 4.78 is 16.2. The van der Waals surface area contributed by atoms with Gasteiger partial charge in [0.2, 0.25) is 29.5 Å². The number of nitrogens with zero attached hydrogens (tertiary/aromatic N) is 1. The van der Waals surface area contributed by atoms with E-state index in [1.54, 1.807) is 12.1 Å². The van der Waals surface area contributed by atoms with Crippen molar-refractivity contribution < 1.29 is 47.9 Å². The smallest absolute Gasteiger partial charge is 0.362 e. The summed E-state index contributed by atoms with van der Waals surface area (Å²) in [4.78, 5) is 98.2. The number of carbonyl (C=O) groups excluding carboxylic acids is 6. The van der Waals surface area contributed by atoms with E-state index in [4.69, 9.17) is 20.3 Å². The highest BCUT2D eigenvalue weighted by atomic mass is 31.2. The maximum atomic E-state index is 14.2. The number of benzene rings is 2. The van der Waals surface area contributed by atoms with E-state index in [1.807, 2.05) is 30.3 Å². The predicted octanol–water partition coefficient (Wildman–Crippen LogP) is 1.82. The van der Waals surface area contributed by atoms with Gasteiger partial charge in [-0.25, -0.2) is 0 Å². The van der Waals surface area contributed by atoms with Crippen molar-refractivity contribution in [2.75, 3.05) is 6.35 Å². The SMILES string of the molecule is CC(=O)C[C@@H](Cc1ccc(OCP(=O)(O)O)cc1)C(=O)N[C@H]1CCCCC2CC[C@@H](C(=O)N[C@@H](CCC(N)=O)C(=O)NCc3ccccc3)N2C1=O. The molecule has 52 heavy (non-hydrogen) atoms. The summed E-state index contributed by atoms with van der Waals surface area (Å²) in [6, 6.07) is 12.3. The minimum Gasteiger partial charge on any atom is -0.481 e. The molecule has 0 spiro atoms. The standard InChI is InChI=1S/C36H48N5O10P/c1-23(42)19-26(20-24-11-14-28(15-12-24)51-22-52(48,49)50)33(44)40-30-10-6-5-9-27-13-17-31(41(27)36(30)47)35(46)39-29(16-18-32(37)43)34(45)38-21-25-7-3-2-4-8-25/h2-4,7-8,11-12,14-15,26-27,29-31H,5-6,9-10,13,16-22H2,1H3,(H2,37,43)(H,38,45)(H,39,46)(H,40,44)(H2,48,49,50)/t26-,27?,29-,30-,31-/m0/s1. The summed E-state index contributed by atoms with van der Waals surface area (Å²) in [7, 11) is -4.37. The van der Waals surface area contributed by atoms with Crippen molar-refractivity contribution in [2.45, 2.75) is 102 Å². The highest BCUT2D eigenvalue weighted by molar-refractivity contribution is 7.51. The van der Waals surface area contributed by atoms with Gasteiger partial charge in [-0.1, -0.05) is 55.3 Å². The molecule has 15 nitrogen and oxygen atoms in total. The number of Topliss-reactive ketones (excluding diaryl/α,β-unsaturated/α-hetero) is 1. The zero-order chi connectivity index (χ0) is 37.8. The number of hydrogen-bond donors (Lipinski definition) is 6. The topological polar surface area (TPSA) is 235 Å². The zero-order valence-electron chi connectivity index (χ0n) is 29.2. The molecule has 5 atom stereocenters. The number of hydrogen-bond acceptors (Lipinski definition) is 8. The highest BCUT2D eigenvalue weighted by Gasteiger charge is 2.44. The number of ketones is 1. The molecule has 4 rings (SSSR count). The number of amides is 5. The summed E-state index contributed by atoms with van der Waals surface area (Å²) in [6.45, 7) is 1.58. The second kappa shape index (κ2) is 18.8. The fourth-order valence-electron chi connectivity index (χ4n) is 6.71. The van der Waals surface area contributed by atoms with Crippen LogP contribution >= 0.6 is 7.60 Å². The van der Waals surface area contributed by atoms with E-state index in [-0.39, 0.29) is 49.8 Å². The van der Waals surface area contributed by atoms with Crippen LogP contribution in [0.25, 0.3) is 0 Å². The summed E-state index contributed by atoms with van der Waals surface area (Å²) >= 11 is 0. The van der Waals surface area contributed by atoms with Gasteiger partial charge in [0, 0.05) is 31.3 Å². The third-order valence-electron chi connectivity index (χ3n) is 9.29. The van der Waals surface area contributed by atoms with Crippen LogP contribution < -0.4 is 26.4 Å². The molecule has 2 aliphatic rings. The molecule has 0 aromatic heterocycles. The highest BCUT2D eigenvalue weighted by Crippen LogP contribution is 2.35. The first-order valence-electron chi connectivity index (χ1n) is 17.5. The Morgan fingerprint density at radius 2 is 1.63 bits per heavy atom. The number of rotatable bonds is 17. The summed E-state index contributed by atoms with van der Waals surface area (Å²) in [5.41, 5.74) is 6.87. The van der Waals surface area contributed by atoms with Gasteiger partial charge in [0.15, 0.2) is 6.35 Å². The van der Waals surface area contributed by atoms with E-state index in [9.17, 15) is 33.3 Å². The molecular formula is C36H48N5O10P. The van der Waals surface area contributed by atoms with Crippen LogP contribution in [0.1, 0.15) is 75.8 Å². The lowest BCUT2D eigenvalue weighted by atomic mass is 9.92. The first-order valence-corrected chi connectivity index (χ1v) is 19.3. The molecule has 282 valence electrons. The van der Waals surface area contributed by atoms with Gasteiger partial charge in [-0.15, -0.1) is 0 Å². The normalized spacial score (nSPS) is 20.0. The van der Waals surface area contributed by atoms with Gasteiger partial charge in [0.05, 0.1) is 0 Å². The van der Waals surface area contributed by atoms with Crippen LogP contribution in [0.3, 0.4) is 0 Å². The quantitative estimate of drug-likeness (QED) is 0.129. The number of carbonyl (C=O) groups is 6. The molecule has 2 aliphatic heterocycles. The molecule has 7 N–H and O–H groups in total. The van der Waals surface area contributed by atoms with Crippen molar-refractivity contribution in [1.82, 2.24) is 20.9 Å². The van der Waals surface area contributed by atoms with Crippen molar-refractivity contribution in [1.29, 1.82) is 0 Å². The van der Waals surface area contributed by atoms with Crippen LogP contribution in [-0.2, 0) is 46.3 Å². The van der Waals surface area contributed by atoms with Crippen molar-refractivity contribution in [3.8, 4) is 5.75 Å². The van der Waals surface area contributed by atoms with Crippen LogP contribution in [0.2, 0.25) is 0 Å². The summed E-state index contributed by atoms with van der Waals surface area (Å²) in [5, 5.41) is 8.42. The monoisotopic (exact) mass is 741 g/mol. The fraction of sp³-hybridized carbons (Fsp3) is 0.500. The molecule has 0 radical (unpaired) electrons. The third-order valence-corrected chi connectivity index (χ3v) is 9.75. The Kier molecular flexibility index (Phi) is 14.5. The first-order chi connectivity index (χ1) is 24.7. The van der Waals surface area contributed by atoms with Crippen molar-refractivity contribution in [2.24, 2.45) is 11.7 Å². The second-order valence-corrected chi connectivity index (χ2v) is 15.1. The molecule has 0 bridgehead atoms. The van der Waals surface area contributed by atoms with Gasteiger partial charge in [-0.05, 0) is 68.7 Å².